The quantitative estimate of drug-likeness (QED) is 0.539. The summed E-state index contributed by atoms with van der Waals surface area (Å²) in [5.41, 5.74) is 0.627. The first-order valence-corrected chi connectivity index (χ1v) is 8.16. The van der Waals surface area contributed by atoms with E-state index in [1.54, 1.807) is 25.3 Å². The summed E-state index contributed by atoms with van der Waals surface area (Å²) in [6.45, 7) is 1.50. The van der Waals surface area contributed by atoms with Crippen molar-refractivity contribution in [3.8, 4) is 5.75 Å². The van der Waals surface area contributed by atoms with Crippen molar-refractivity contribution >= 4 is 28.6 Å². The molecule has 4 nitrogen and oxygen atoms in total. The second-order valence-corrected chi connectivity index (χ2v) is 6.62. The normalized spacial score (nSPS) is 12.4. The molecule has 1 aromatic heterocycles. The number of nitrogens with one attached hydrogen (secondary N) is 1. The Labute approximate surface area is 145 Å². The molecule has 0 radical (unpaired) electrons. The van der Waals surface area contributed by atoms with Gasteiger partial charge in [0.2, 0.25) is 0 Å². The molecule has 1 N–H and O–H groups in total. The number of hydrogen-bond donors (Lipinski definition) is 1. The number of nitrogens with zero attached hydrogens (tertiary/aromatic N) is 1. The minimum atomic E-state index is -1.22. The predicted octanol–water partition coefficient (Wildman–Crippen LogP) is 4.35. The summed E-state index contributed by atoms with van der Waals surface area (Å²) in [5.74, 6) is -3.64. The van der Waals surface area contributed by atoms with Crippen molar-refractivity contribution in [1.29, 1.82) is 0 Å². The zero-order valence-corrected chi connectivity index (χ0v) is 14.1. The highest BCUT2D eigenvalue weighted by Gasteiger charge is 2.25. The van der Waals surface area contributed by atoms with E-state index in [0.29, 0.717) is 34.1 Å². The number of thioether (sulfide) groups is 1. The van der Waals surface area contributed by atoms with Crippen LogP contribution in [-0.4, -0.2) is 28.1 Å². The Morgan fingerprint density at radius 1 is 1.20 bits per heavy atom. The highest BCUT2D eigenvalue weighted by atomic mass is 32.2. The maximum atomic E-state index is 13.8. The molecule has 0 fully saturated rings. The number of imidazole rings is 1. The Bertz CT molecular complexity index is 935. The summed E-state index contributed by atoms with van der Waals surface area (Å²) in [6.07, 6.45) is 0. The van der Waals surface area contributed by atoms with Gasteiger partial charge < -0.3 is 9.72 Å². The number of methoxy groups -OCH3 is 1. The molecule has 130 valence electrons. The van der Waals surface area contributed by atoms with Crippen LogP contribution in [0.2, 0.25) is 0 Å². The highest BCUT2D eigenvalue weighted by Crippen LogP contribution is 2.28. The number of ether oxygens (including phenoxy) is 1. The highest BCUT2D eigenvalue weighted by molar-refractivity contribution is 8.00. The van der Waals surface area contributed by atoms with Crippen molar-refractivity contribution in [3.63, 3.8) is 0 Å². The van der Waals surface area contributed by atoms with Gasteiger partial charge in [0.25, 0.3) is 0 Å². The lowest BCUT2D eigenvalue weighted by Gasteiger charge is -2.10. The van der Waals surface area contributed by atoms with E-state index < -0.39 is 34.0 Å². The van der Waals surface area contributed by atoms with Gasteiger partial charge in [-0.1, -0.05) is 11.8 Å². The molecule has 1 atom stereocenters. The molecule has 0 aliphatic rings. The largest absolute Gasteiger partial charge is 0.497 e. The molecule has 0 saturated carbocycles. The van der Waals surface area contributed by atoms with Crippen LogP contribution in [0.4, 0.5) is 13.2 Å². The fourth-order valence-corrected chi connectivity index (χ4v) is 3.23. The molecule has 0 amide bonds. The molecule has 3 rings (SSSR count). The molecule has 0 spiro atoms. The first-order chi connectivity index (χ1) is 11.9. The molecule has 1 heterocycles. The van der Waals surface area contributed by atoms with Crippen molar-refractivity contribution in [2.24, 2.45) is 0 Å². The van der Waals surface area contributed by atoms with E-state index in [0.717, 1.165) is 11.8 Å². The van der Waals surface area contributed by atoms with Crippen LogP contribution in [0.25, 0.3) is 11.0 Å². The van der Waals surface area contributed by atoms with Crippen molar-refractivity contribution < 1.29 is 22.7 Å². The molecule has 25 heavy (non-hydrogen) atoms. The molecule has 0 saturated heterocycles. The zero-order valence-electron chi connectivity index (χ0n) is 13.3. The van der Waals surface area contributed by atoms with Gasteiger partial charge in [-0.25, -0.2) is 18.2 Å². The Hall–Kier alpha value is -2.48. The lowest BCUT2D eigenvalue weighted by atomic mass is 10.1. The Morgan fingerprint density at radius 2 is 1.88 bits per heavy atom. The van der Waals surface area contributed by atoms with Gasteiger partial charge in [-0.3, -0.25) is 4.79 Å². The Morgan fingerprint density at radius 3 is 2.52 bits per heavy atom. The van der Waals surface area contributed by atoms with Crippen LogP contribution in [-0.2, 0) is 0 Å². The summed E-state index contributed by atoms with van der Waals surface area (Å²) < 4.78 is 45.6. The summed E-state index contributed by atoms with van der Waals surface area (Å²) in [7, 11) is 1.54. The molecule has 0 aliphatic carbocycles. The summed E-state index contributed by atoms with van der Waals surface area (Å²) in [4.78, 5) is 19.7. The number of benzene rings is 2. The third-order valence-electron chi connectivity index (χ3n) is 3.58. The number of Topliss-reactive ketones (excluding diaryl/α,β-unsaturated/α-hetero) is 1. The van der Waals surface area contributed by atoms with Gasteiger partial charge in [-0.15, -0.1) is 0 Å². The average molecular weight is 366 g/mol. The topological polar surface area (TPSA) is 55.0 Å². The number of H-pyrrole nitrogens is 1. The van der Waals surface area contributed by atoms with Gasteiger partial charge in [0.05, 0.1) is 29.0 Å². The van der Waals surface area contributed by atoms with Crippen LogP contribution in [0.5, 0.6) is 5.75 Å². The first kappa shape index (κ1) is 17.3. The van der Waals surface area contributed by atoms with Crippen LogP contribution in [0.3, 0.4) is 0 Å². The lowest BCUT2D eigenvalue weighted by Crippen LogP contribution is -2.17. The van der Waals surface area contributed by atoms with Gasteiger partial charge in [-0.05, 0) is 19.1 Å². The molecule has 0 bridgehead atoms. The predicted molar refractivity (Wildman–Crippen MR) is 88.6 cm³/mol. The molecular weight excluding hydrogens is 353 g/mol. The number of halogens is 3. The number of aromatic nitrogens is 2. The fraction of sp³-hybridized carbons (Fsp3) is 0.176. The number of hydrogen-bond acceptors (Lipinski definition) is 4. The van der Waals surface area contributed by atoms with Gasteiger partial charge in [0.15, 0.2) is 10.9 Å². The lowest BCUT2D eigenvalue weighted by molar-refractivity contribution is 0.0985. The third-order valence-corrected chi connectivity index (χ3v) is 4.56. The molecule has 2 aromatic carbocycles. The number of carbonyl (C=O) groups excluding carboxylic acids is 1. The van der Waals surface area contributed by atoms with Crippen molar-refractivity contribution in [1.82, 2.24) is 9.97 Å². The van der Waals surface area contributed by atoms with Gasteiger partial charge in [0, 0.05) is 18.2 Å². The Kier molecular flexibility index (Phi) is 4.71. The SMILES string of the molecule is COc1ccc2nc(S[C@@H](C)C(=O)c3c(F)cc(F)cc3F)[nH]c2c1. The van der Waals surface area contributed by atoms with Crippen LogP contribution in [0.15, 0.2) is 35.5 Å². The molecule has 8 heteroatoms. The van der Waals surface area contributed by atoms with Crippen LogP contribution in [0, 0.1) is 17.5 Å². The summed E-state index contributed by atoms with van der Waals surface area (Å²) in [5, 5.41) is -0.399. The van der Waals surface area contributed by atoms with E-state index in [2.05, 4.69) is 9.97 Å². The second-order valence-electron chi connectivity index (χ2n) is 5.29. The Balaban J connectivity index is 1.84. The summed E-state index contributed by atoms with van der Waals surface area (Å²) in [6, 6.07) is 6.22. The maximum Gasteiger partial charge on any atom is 0.181 e. The van der Waals surface area contributed by atoms with Crippen molar-refractivity contribution in [2.75, 3.05) is 7.11 Å². The van der Waals surface area contributed by atoms with E-state index >= 15 is 0 Å². The van der Waals surface area contributed by atoms with Crippen LogP contribution < -0.4 is 4.74 Å². The minimum Gasteiger partial charge on any atom is -0.497 e. The van der Waals surface area contributed by atoms with E-state index in [1.807, 2.05) is 0 Å². The second kappa shape index (κ2) is 6.79. The van der Waals surface area contributed by atoms with Crippen LogP contribution >= 0.6 is 11.8 Å². The number of fused-ring (bicyclic) bond motifs is 1. The smallest absolute Gasteiger partial charge is 0.181 e. The minimum absolute atomic E-state index is 0.423. The molecule has 0 aliphatic heterocycles. The van der Waals surface area contributed by atoms with E-state index in [4.69, 9.17) is 4.74 Å². The summed E-state index contributed by atoms with van der Waals surface area (Å²) >= 11 is 1.02. The van der Waals surface area contributed by atoms with Gasteiger partial charge in [-0.2, -0.15) is 0 Å². The number of aromatic amines is 1. The number of ketones is 1. The molecule has 3 aromatic rings. The molecular formula is C17H13F3N2O2S. The van der Waals surface area contributed by atoms with Gasteiger partial charge in [0.1, 0.15) is 23.2 Å². The fourth-order valence-electron chi connectivity index (χ4n) is 2.35. The standard InChI is InChI=1S/C17H13F3N2O2S/c1-8(16(23)15-11(19)5-9(18)6-12(15)20)25-17-21-13-4-3-10(24-2)7-14(13)22-17/h3-8H,1-2H3,(H,21,22)/t8-/m0/s1. The monoisotopic (exact) mass is 366 g/mol. The van der Waals surface area contributed by atoms with E-state index in [1.165, 1.54) is 6.92 Å². The first-order valence-electron chi connectivity index (χ1n) is 7.28. The number of rotatable bonds is 5. The zero-order chi connectivity index (χ0) is 18.1. The van der Waals surface area contributed by atoms with E-state index in [-0.39, 0.29) is 0 Å². The van der Waals surface area contributed by atoms with Crippen molar-refractivity contribution in [3.05, 3.63) is 53.3 Å². The average Bonchev–Trinajstić information content (AvgIpc) is 2.94. The van der Waals surface area contributed by atoms with Crippen LogP contribution in [0.1, 0.15) is 17.3 Å². The van der Waals surface area contributed by atoms with Gasteiger partial charge >= 0.3 is 0 Å². The maximum absolute atomic E-state index is 13.8. The number of carbonyl (C=O) groups is 1. The third kappa shape index (κ3) is 3.48. The molecule has 0 unspecified atom stereocenters. The van der Waals surface area contributed by atoms with Crippen molar-refractivity contribution in [2.45, 2.75) is 17.3 Å². The van der Waals surface area contributed by atoms with E-state index in [9.17, 15) is 18.0 Å².